The van der Waals surface area contributed by atoms with Crippen LogP contribution in [-0.4, -0.2) is 31.4 Å². The first kappa shape index (κ1) is 18.5. The molecule has 0 saturated carbocycles. The van der Waals surface area contributed by atoms with Crippen molar-refractivity contribution in [3.8, 4) is 5.75 Å². The lowest BCUT2D eigenvalue weighted by Crippen LogP contribution is -2.41. The van der Waals surface area contributed by atoms with Crippen LogP contribution >= 0.6 is 11.6 Å². The number of benzene rings is 1. The molecule has 0 saturated heterocycles. The lowest BCUT2D eigenvalue weighted by molar-refractivity contribution is -0.274. The number of carbonyl (C=O) groups is 1. The van der Waals surface area contributed by atoms with Crippen LogP contribution in [0, 0.1) is 0 Å². The summed E-state index contributed by atoms with van der Waals surface area (Å²) in [5, 5.41) is -0.253. The Kier molecular flexibility index (Phi) is 4.57. The number of ether oxygens (including phenoxy) is 1. The van der Waals surface area contributed by atoms with Crippen LogP contribution in [0.5, 0.6) is 5.75 Å². The molecule has 1 aliphatic heterocycles. The van der Waals surface area contributed by atoms with Crippen molar-refractivity contribution in [3.05, 3.63) is 47.1 Å². The maximum atomic E-state index is 12.4. The Hall–Kier alpha value is -2.33. The van der Waals surface area contributed by atoms with E-state index in [9.17, 15) is 26.4 Å². The van der Waals surface area contributed by atoms with Crippen molar-refractivity contribution >= 4 is 33.2 Å². The van der Waals surface area contributed by atoms with Gasteiger partial charge >= 0.3 is 6.36 Å². The molecule has 2 aromatic rings. The molecule has 0 radical (unpaired) electrons. The molecule has 1 aromatic carbocycles. The van der Waals surface area contributed by atoms with Crippen molar-refractivity contribution < 1.29 is 31.1 Å². The maximum absolute atomic E-state index is 12.4. The second kappa shape index (κ2) is 6.44. The van der Waals surface area contributed by atoms with Crippen LogP contribution in [-0.2, 0) is 21.2 Å². The number of pyridine rings is 1. The van der Waals surface area contributed by atoms with Crippen LogP contribution in [0.4, 0.5) is 19.0 Å². The van der Waals surface area contributed by atoms with Gasteiger partial charge in [0.2, 0.25) is 5.91 Å². The normalized spacial score (nSPS) is 16.3. The van der Waals surface area contributed by atoms with Crippen LogP contribution in [0.1, 0.15) is 5.56 Å². The van der Waals surface area contributed by atoms with Gasteiger partial charge in [0.15, 0.2) is 15.7 Å². The van der Waals surface area contributed by atoms with Crippen LogP contribution in [0.15, 0.2) is 41.4 Å². The molecular weight excluding hydrogens is 397 g/mol. The number of sulfone groups is 1. The quantitative estimate of drug-likeness (QED) is 0.783. The highest BCUT2D eigenvalue weighted by Gasteiger charge is 2.36. The van der Waals surface area contributed by atoms with Crippen molar-refractivity contribution in [2.24, 2.45) is 0 Å². The lowest BCUT2D eigenvalue weighted by Gasteiger charge is -2.28. The van der Waals surface area contributed by atoms with Gasteiger partial charge in [-0.25, -0.2) is 13.4 Å². The van der Waals surface area contributed by atoms with Crippen LogP contribution < -0.4 is 9.64 Å². The van der Waals surface area contributed by atoms with Crippen molar-refractivity contribution in [2.45, 2.75) is 17.8 Å². The largest absolute Gasteiger partial charge is 0.573 e. The summed E-state index contributed by atoms with van der Waals surface area (Å²) in [5.41, 5.74) is 0.262. The minimum atomic E-state index is -4.93. The number of hydrogen-bond donors (Lipinski definition) is 0. The average molecular weight is 407 g/mol. The van der Waals surface area contributed by atoms with E-state index in [2.05, 4.69) is 9.72 Å². The summed E-state index contributed by atoms with van der Waals surface area (Å²) >= 11 is 5.69. The monoisotopic (exact) mass is 406 g/mol. The van der Waals surface area contributed by atoms with E-state index in [1.165, 1.54) is 30.5 Å². The number of amides is 1. The molecule has 1 amide bonds. The first-order valence-corrected chi connectivity index (χ1v) is 9.12. The van der Waals surface area contributed by atoms with E-state index in [1.807, 2.05) is 0 Å². The summed E-state index contributed by atoms with van der Waals surface area (Å²) in [7, 11) is -3.80. The molecular formula is C15H10ClF3N2O4S. The standard InChI is InChI=1S/C15H10ClF3N2O4S/c16-10-4-3-9(6-11(10)25-15(17,18)19)7-21-13(22)8-26(23,24)12-2-1-5-20-14(12)21/h1-6H,7-8H2. The Morgan fingerprint density at radius 3 is 2.69 bits per heavy atom. The predicted octanol–water partition coefficient (Wildman–Crippen LogP) is 2.95. The second-order valence-corrected chi connectivity index (χ2v) is 7.74. The fourth-order valence-corrected chi connectivity index (χ4v) is 3.98. The SMILES string of the molecule is O=C1CS(=O)(=O)c2cccnc2N1Cc1ccc(Cl)c(OC(F)(F)F)c1. The topological polar surface area (TPSA) is 76.6 Å². The maximum Gasteiger partial charge on any atom is 0.573 e. The van der Waals surface area contributed by atoms with Gasteiger partial charge in [0.25, 0.3) is 0 Å². The van der Waals surface area contributed by atoms with Crippen LogP contribution in [0.25, 0.3) is 0 Å². The van der Waals surface area contributed by atoms with Crippen molar-refractivity contribution in [3.63, 3.8) is 0 Å². The first-order chi connectivity index (χ1) is 12.1. The third kappa shape index (κ3) is 3.75. The fraction of sp³-hybridized carbons (Fsp3) is 0.200. The van der Waals surface area contributed by atoms with Gasteiger partial charge in [0.05, 0.1) is 11.6 Å². The highest BCUT2D eigenvalue weighted by atomic mass is 35.5. The zero-order chi connectivity index (χ0) is 19.1. The Morgan fingerprint density at radius 1 is 1.27 bits per heavy atom. The number of anilines is 1. The van der Waals surface area contributed by atoms with Gasteiger partial charge in [-0.1, -0.05) is 17.7 Å². The first-order valence-electron chi connectivity index (χ1n) is 7.09. The minimum Gasteiger partial charge on any atom is -0.404 e. The van der Waals surface area contributed by atoms with E-state index >= 15 is 0 Å². The Balaban J connectivity index is 1.96. The van der Waals surface area contributed by atoms with E-state index in [-0.39, 0.29) is 27.8 Å². The molecule has 11 heteroatoms. The highest BCUT2D eigenvalue weighted by molar-refractivity contribution is 7.92. The number of carbonyl (C=O) groups excluding carboxylic acids is 1. The molecule has 2 heterocycles. The molecule has 1 aliphatic rings. The van der Waals surface area contributed by atoms with E-state index in [1.54, 1.807) is 0 Å². The van der Waals surface area contributed by atoms with Gasteiger partial charge in [-0.15, -0.1) is 13.2 Å². The number of fused-ring (bicyclic) bond motifs is 1. The summed E-state index contributed by atoms with van der Waals surface area (Å²) in [6.07, 6.45) is -3.61. The number of aromatic nitrogens is 1. The van der Waals surface area contributed by atoms with Gasteiger partial charge in [-0.3, -0.25) is 9.69 Å². The third-order valence-corrected chi connectivity index (χ3v) is 5.45. The van der Waals surface area contributed by atoms with Crippen molar-refractivity contribution in [1.82, 2.24) is 4.98 Å². The van der Waals surface area contributed by atoms with E-state index < -0.39 is 33.6 Å². The zero-order valence-electron chi connectivity index (χ0n) is 12.8. The zero-order valence-corrected chi connectivity index (χ0v) is 14.4. The summed E-state index contributed by atoms with van der Waals surface area (Å²) in [6.45, 7) is -0.191. The number of hydrogen-bond acceptors (Lipinski definition) is 5. The van der Waals surface area contributed by atoms with Crippen molar-refractivity contribution in [1.29, 1.82) is 0 Å². The summed E-state index contributed by atoms with van der Waals surface area (Å²) in [6, 6.07) is 6.38. The minimum absolute atomic E-state index is 0.0722. The number of alkyl halides is 3. The van der Waals surface area contributed by atoms with E-state index in [0.717, 1.165) is 11.0 Å². The van der Waals surface area contributed by atoms with Gasteiger partial charge < -0.3 is 4.74 Å². The molecule has 0 bridgehead atoms. The lowest BCUT2D eigenvalue weighted by atomic mass is 10.2. The fourth-order valence-electron chi connectivity index (χ4n) is 2.46. The Bertz CT molecular complexity index is 979. The number of nitrogens with zero attached hydrogens (tertiary/aromatic N) is 2. The predicted molar refractivity (Wildman–Crippen MR) is 85.6 cm³/mol. The molecule has 0 fully saturated rings. The molecule has 0 aliphatic carbocycles. The van der Waals surface area contributed by atoms with Gasteiger partial charge in [-0.2, -0.15) is 0 Å². The third-order valence-electron chi connectivity index (χ3n) is 3.52. The average Bonchev–Trinajstić information content (AvgIpc) is 2.53. The summed E-state index contributed by atoms with van der Waals surface area (Å²) in [4.78, 5) is 17.1. The van der Waals surface area contributed by atoms with E-state index in [4.69, 9.17) is 11.6 Å². The van der Waals surface area contributed by atoms with Gasteiger partial charge in [0.1, 0.15) is 16.4 Å². The molecule has 6 nitrogen and oxygen atoms in total. The summed E-state index contributed by atoms with van der Waals surface area (Å²) < 4.78 is 65.3. The smallest absolute Gasteiger partial charge is 0.404 e. The molecule has 0 N–H and O–H groups in total. The number of halogens is 4. The molecule has 0 unspecified atom stereocenters. The van der Waals surface area contributed by atoms with E-state index in [0.29, 0.717) is 0 Å². The van der Waals surface area contributed by atoms with Gasteiger partial charge in [-0.05, 0) is 29.8 Å². The second-order valence-electron chi connectivity index (χ2n) is 5.38. The molecule has 1 aromatic heterocycles. The number of rotatable bonds is 3. The van der Waals surface area contributed by atoms with Crippen LogP contribution in [0.2, 0.25) is 5.02 Å². The Morgan fingerprint density at radius 2 is 2.00 bits per heavy atom. The Labute approximate surface area is 151 Å². The molecule has 138 valence electrons. The van der Waals surface area contributed by atoms with Gasteiger partial charge in [0, 0.05) is 6.20 Å². The molecule has 0 atom stereocenters. The van der Waals surface area contributed by atoms with Crippen molar-refractivity contribution in [2.75, 3.05) is 10.7 Å². The van der Waals surface area contributed by atoms with Crippen LogP contribution in [0.3, 0.4) is 0 Å². The molecule has 0 spiro atoms. The summed E-state index contributed by atoms with van der Waals surface area (Å²) in [5.74, 6) is -2.16. The highest BCUT2D eigenvalue weighted by Crippen LogP contribution is 2.33. The molecule has 3 rings (SSSR count). The molecule has 26 heavy (non-hydrogen) atoms.